The smallest absolute Gasteiger partial charge is 0.332 e. The Morgan fingerprint density at radius 1 is 1.29 bits per heavy atom. The van der Waals surface area contributed by atoms with E-state index in [1.165, 1.54) is 30.8 Å². The van der Waals surface area contributed by atoms with Gasteiger partial charge in [0.2, 0.25) is 0 Å². The lowest BCUT2D eigenvalue weighted by atomic mass is 10.2. The lowest BCUT2D eigenvalue weighted by molar-refractivity contribution is -0.0295. The number of carbonyl (C=O) groups excluding carboxylic acids is 1. The maximum absolute atomic E-state index is 12.5. The second-order valence-electron chi connectivity index (χ2n) is 7.63. The summed E-state index contributed by atoms with van der Waals surface area (Å²) in [5, 5.41) is 3.14. The van der Waals surface area contributed by atoms with Gasteiger partial charge in [0.25, 0.3) is 11.5 Å². The second-order valence-corrected chi connectivity index (χ2v) is 7.63. The van der Waals surface area contributed by atoms with Crippen molar-refractivity contribution in [2.45, 2.75) is 20.0 Å². The average Bonchev–Trinajstić information content (AvgIpc) is 2.68. The highest BCUT2D eigenvalue weighted by Gasteiger charge is 2.22. The van der Waals surface area contributed by atoms with Crippen molar-refractivity contribution in [3.63, 3.8) is 0 Å². The minimum Gasteiger partial charge on any atom is -0.374 e. The molecule has 9 heteroatoms. The van der Waals surface area contributed by atoms with Crippen LogP contribution in [0.25, 0.3) is 11.0 Å². The van der Waals surface area contributed by atoms with Crippen LogP contribution in [0.15, 0.2) is 21.7 Å². The molecule has 1 unspecified atom stereocenters. The Kier molecular flexibility index (Phi) is 5.95. The lowest BCUT2D eigenvalue weighted by Crippen LogP contribution is -2.48. The van der Waals surface area contributed by atoms with Gasteiger partial charge in [-0.1, -0.05) is 13.8 Å². The molecule has 9 nitrogen and oxygen atoms in total. The Morgan fingerprint density at radius 2 is 2.04 bits per heavy atom. The van der Waals surface area contributed by atoms with Crippen molar-refractivity contribution in [2.24, 2.45) is 20.0 Å². The van der Waals surface area contributed by atoms with Crippen LogP contribution in [0.4, 0.5) is 0 Å². The van der Waals surface area contributed by atoms with Crippen LogP contribution in [0, 0.1) is 5.92 Å². The van der Waals surface area contributed by atoms with Crippen LogP contribution in [-0.2, 0) is 18.8 Å². The van der Waals surface area contributed by atoms with E-state index in [2.05, 4.69) is 29.0 Å². The maximum atomic E-state index is 12.5. The van der Waals surface area contributed by atoms with Crippen LogP contribution in [0.1, 0.15) is 24.3 Å². The zero-order valence-corrected chi connectivity index (χ0v) is 16.8. The topological polar surface area (TPSA) is 98.5 Å². The maximum Gasteiger partial charge on any atom is 0.332 e. The number of carbonyl (C=O) groups is 1. The number of hydrogen-bond donors (Lipinski definition) is 1. The quantitative estimate of drug-likeness (QED) is 0.755. The molecule has 0 aliphatic carbocycles. The van der Waals surface area contributed by atoms with Gasteiger partial charge in [-0.05, 0) is 18.1 Å². The number of hydrogen-bond acceptors (Lipinski definition) is 6. The van der Waals surface area contributed by atoms with Gasteiger partial charge in [0.05, 0.1) is 18.1 Å². The predicted octanol–water partition coefficient (Wildman–Crippen LogP) is -0.281. The third-order valence-corrected chi connectivity index (χ3v) is 4.87. The van der Waals surface area contributed by atoms with Crippen LogP contribution in [0.2, 0.25) is 0 Å². The monoisotopic (exact) mass is 389 g/mol. The van der Waals surface area contributed by atoms with E-state index < -0.39 is 11.2 Å². The van der Waals surface area contributed by atoms with E-state index in [4.69, 9.17) is 4.74 Å². The molecule has 1 atom stereocenters. The number of nitrogens with zero attached hydrogens (tertiary/aromatic N) is 4. The fourth-order valence-corrected chi connectivity index (χ4v) is 3.46. The molecule has 152 valence electrons. The van der Waals surface area contributed by atoms with Crippen molar-refractivity contribution in [1.29, 1.82) is 0 Å². The fraction of sp³-hybridized carbons (Fsp3) is 0.579. The Hall–Kier alpha value is -2.52. The zero-order valence-electron chi connectivity index (χ0n) is 16.8. The summed E-state index contributed by atoms with van der Waals surface area (Å²) in [7, 11) is 2.94. The highest BCUT2D eigenvalue weighted by molar-refractivity contribution is 5.94. The largest absolute Gasteiger partial charge is 0.374 e. The van der Waals surface area contributed by atoms with Crippen molar-refractivity contribution >= 4 is 16.9 Å². The average molecular weight is 389 g/mol. The van der Waals surface area contributed by atoms with E-state index in [0.29, 0.717) is 24.5 Å². The van der Waals surface area contributed by atoms with Crippen molar-refractivity contribution in [1.82, 2.24) is 24.3 Å². The molecule has 1 fully saturated rings. The van der Waals surface area contributed by atoms with Crippen LogP contribution in [0.3, 0.4) is 0 Å². The minimum atomic E-state index is -0.483. The molecule has 1 aliphatic rings. The van der Waals surface area contributed by atoms with Crippen molar-refractivity contribution in [3.8, 4) is 0 Å². The zero-order chi connectivity index (χ0) is 20.4. The van der Waals surface area contributed by atoms with Gasteiger partial charge in [-0.25, -0.2) is 9.78 Å². The third kappa shape index (κ3) is 4.15. The number of aromatic nitrogens is 3. The van der Waals surface area contributed by atoms with E-state index in [0.717, 1.165) is 24.2 Å². The molecule has 3 heterocycles. The van der Waals surface area contributed by atoms with Gasteiger partial charge >= 0.3 is 5.69 Å². The molecule has 1 saturated heterocycles. The van der Waals surface area contributed by atoms with Gasteiger partial charge in [-0.15, -0.1) is 0 Å². The first-order valence-corrected chi connectivity index (χ1v) is 9.47. The summed E-state index contributed by atoms with van der Waals surface area (Å²) in [5.41, 5.74) is -0.565. The Morgan fingerprint density at radius 3 is 2.75 bits per heavy atom. The molecule has 2 aromatic rings. The van der Waals surface area contributed by atoms with Gasteiger partial charge in [0.15, 0.2) is 0 Å². The number of ether oxygens (including phenoxy) is 1. The van der Waals surface area contributed by atoms with Crippen molar-refractivity contribution in [3.05, 3.63) is 38.7 Å². The van der Waals surface area contributed by atoms with E-state index in [-0.39, 0.29) is 23.4 Å². The summed E-state index contributed by atoms with van der Waals surface area (Å²) < 4.78 is 8.03. The molecule has 2 aromatic heterocycles. The summed E-state index contributed by atoms with van der Waals surface area (Å²) in [6.07, 6.45) is -0.0754. The SMILES string of the molecule is CC(C)CN1CCOC(CNC(=O)c2ccc3c(=O)n(C)c(=O)n(C)c3n2)C1. The van der Waals surface area contributed by atoms with E-state index in [9.17, 15) is 14.4 Å². The number of amides is 1. The number of pyridine rings is 1. The predicted molar refractivity (Wildman–Crippen MR) is 106 cm³/mol. The second kappa shape index (κ2) is 8.24. The Balaban J connectivity index is 1.72. The van der Waals surface area contributed by atoms with Gasteiger partial charge in [0, 0.05) is 40.3 Å². The number of fused-ring (bicyclic) bond motifs is 1. The van der Waals surface area contributed by atoms with Gasteiger partial charge < -0.3 is 10.1 Å². The van der Waals surface area contributed by atoms with Crippen LogP contribution >= 0.6 is 0 Å². The molecular weight excluding hydrogens is 362 g/mol. The highest BCUT2D eigenvalue weighted by Crippen LogP contribution is 2.09. The molecular formula is C19H27N5O4. The van der Waals surface area contributed by atoms with Crippen LogP contribution < -0.4 is 16.6 Å². The number of rotatable bonds is 5. The third-order valence-electron chi connectivity index (χ3n) is 4.87. The van der Waals surface area contributed by atoms with Gasteiger partial charge in [-0.2, -0.15) is 0 Å². The van der Waals surface area contributed by atoms with Crippen LogP contribution in [-0.4, -0.2) is 63.8 Å². The number of nitrogens with one attached hydrogen (secondary N) is 1. The summed E-state index contributed by atoms with van der Waals surface area (Å²) in [5.74, 6) is 0.217. The molecule has 0 radical (unpaired) electrons. The van der Waals surface area contributed by atoms with Gasteiger partial charge in [-0.3, -0.25) is 23.6 Å². The highest BCUT2D eigenvalue weighted by atomic mass is 16.5. The lowest BCUT2D eigenvalue weighted by Gasteiger charge is -2.33. The molecule has 1 aliphatic heterocycles. The van der Waals surface area contributed by atoms with Crippen molar-refractivity contribution < 1.29 is 9.53 Å². The number of morpholine rings is 1. The van der Waals surface area contributed by atoms with Crippen molar-refractivity contribution in [2.75, 3.05) is 32.8 Å². The van der Waals surface area contributed by atoms with Gasteiger partial charge in [0.1, 0.15) is 11.3 Å². The van der Waals surface area contributed by atoms with E-state index >= 15 is 0 Å². The summed E-state index contributed by atoms with van der Waals surface area (Å²) in [6.45, 7) is 8.06. The Bertz CT molecular complexity index is 994. The molecule has 1 N–H and O–H groups in total. The first kappa shape index (κ1) is 20.2. The fourth-order valence-electron chi connectivity index (χ4n) is 3.46. The molecule has 1 amide bonds. The first-order chi connectivity index (χ1) is 13.3. The van der Waals surface area contributed by atoms with E-state index in [1.807, 2.05) is 0 Å². The standard InChI is InChI=1S/C19H27N5O4/c1-12(2)10-24-7-8-28-13(11-24)9-20-17(25)15-6-5-14-16(21-15)22(3)19(27)23(4)18(14)26/h5-6,12-13H,7-11H2,1-4H3,(H,20,25). The Labute approximate surface area is 162 Å². The normalized spacial score (nSPS) is 18.0. The van der Waals surface area contributed by atoms with Crippen LogP contribution in [0.5, 0.6) is 0 Å². The molecule has 0 aromatic carbocycles. The summed E-state index contributed by atoms with van der Waals surface area (Å²) >= 11 is 0. The summed E-state index contributed by atoms with van der Waals surface area (Å²) in [4.78, 5) is 43.4. The van der Waals surface area contributed by atoms with E-state index in [1.54, 1.807) is 0 Å². The molecule has 0 saturated carbocycles. The molecule has 3 rings (SSSR count). The molecule has 0 bridgehead atoms. The molecule has 0 spiro atoms. The number of aryl methyl sites for hydroxylation is 1. The summed E-state index contributed by atoms with van der Waals surface area (Å²) in [6, 6.07) is 3.02. The molecule has 28 heavy (non-hydrogen) atoms. The minimum absolute atomic E-state index is 0.0754. The first-order valence-electron chi connectivity index (χ1n) is 9.47.